The van der Waals surface area contributed by atoms with Crippen molar-refractivity contribution in [2.45, 2.75) is 24.8 Å². The first-order chi connectivity index (χ1) is 6.36. The van der Waals surface area contributed by atoms with E-state index in [1.165, 1.54) is 12.0 Å². The molecule has 1 heterocycles. The third-order valence-electron chi connectivity index (χ3n) is 1.68. The lowest BCUT2D eigenvalue weighted by atomic mass is 10.2. The van der Waals surface area contributed by atoms with Gasteiger partial charge in [-0.3, -0.25) is 0 Å². The van der Waals surface area contributed by atoms with Crippen molar-refractivity contribution in [3.05, 3.63) is 23.9 Å². The molecule has 1 aromatic heterocycles. The predicted octanol–water partition coefficient (Wildman–Crippen LogP) is 2.08. The molecule has 0 aliphatic carbocycles. The molecule has 0 saturated carbocycles. The largest absolute Gasteiger partial charge is 0.330 e. The molecule has 0 radical (unpaired) electrons. The van der Waals surface area contributed by atoms with E-state index in [1.54, 1.807) is 11.8 Å². The Bertz CT molecular complexity index is 233. The number of nitrogens with two attached hydrogens (primary N) is 1. The van der Waals surface area contributed by atoms with Gasteiger partial charge in [-0.15, -0.1) is 11.8 Å². The van der Waals surface area contributed by atoms with Crippen LogP contribution in [-0.4, -0.2) is 17.3 Å². The maximum Gasteiger partial charge on any atom is 0.0960 e. The van der Waals surface area contributed by atoms with Crippen LogP contribution in [0.15, 0.2) is 23.4 Å². The highest BCUT2D eigenvalue weighted by molar-refractivity contribution is 7.99. The Morgan fingerprint density at radius 1 is 1.46 bits per heavy atom. The van der Waals surface area contributed by atoms with Crippen LogP contribution in [0.3, 0.4) is 0 Å². The molecule has 1 rings (SSSR count). The monoisotopic (exact) mass is 196 g/mol. The number of aromatic nitrogens is 1. The lowest BCUT2D eigenvalue weighted by molar-refractivity contribution is 0.945. The lowest BCUT2D eigenvalue weighted by Gasteiger charge is -2.00. The van der Waals surface area contributed by atoms with Gasteiger partial charge in [0.1, 0.15) is 0 Å². The van der Waals surface area contributed by atoms with E-state index in [0.29, 0.717) is 6.54 Å². The topological polar surface area (TPSA) is 38.9 Å². The van der Waals surface area contributed by atoms with Gasteiger partial charge in [-0.2, -0.15) is 0 Å². The average molecular weight is 196 g/mol. The molecule has 0 aliphatic heterocycles. The van der Waals surface area contributed by atoms with E-state index in [9.17, 15) is 0 Å². The van der Waals surface area contributed by atoms with Gasteiger partial charge in [0.25, 0.3) is 0 Å². The van der Waals surface area contributed by atoms with Gasteiger partial charge in [0.05, 0.1) is 5.03 Å². The minimum absolute atomic E-state index is 0.698. The van der Waals surface area contributed by atoms with Gasteiger partial charge in [-0.05, 0) is 36.8 Å². The molecular formula is C10H16N2S. The Labute approximate surface area is 83.9 Å². The highest BCUT2D eigenvalue weighted by Crippen LogP contribution is 2.15. The van der Waals surface area contributed by atoms with E-state index in [4.69, 9.17) is 5.73 Å². The standard InChI is InChI=1S/C10H16N2S/c1-2-7-13-10-4-3-9(5-6-11)8-12-10/h3-4,8H,2,5-7,11H2,1H3. The molecule has 0 atom stereocenters. The summed E-state index contributed by atoms with van der Waals surface area (Å²) in [6.45, 7) is 2.87. The van der Waals surface area contributed by atoms with Crippen LogP contribution in [0.1, 0.15) is 18.9 Å². The summed E-state index contributed by atoms with van der Waals surface area (Å²) in [6.07, 6.45) is 4.04. The zero-order valence-corrected chi connectivity index (χ0v) is 8.81. The van der Waals surface area contributed by atoms with E-state index in [-0.39, 0.29) is 0 Å². The molecule has 0 fully saturated rings. The summed E-state index contributed by atoms with van der Waals surface area (Å²) in [5.41, 5.74) is 6.67. The van der Waals surface area contributed by atoms with Crippen molar-refractivity contribution >= 4 is 11.8 Å². The molecule has 2 N–H and O–H groups in total. The highest BCUT2D eigenvalue weighted by Gasteiger charge is 1.95. The molecule has 0 aliphatic rings. The fraction of sp³-hybridized carbons (Fsp3) is 0.500. The Hall–Kier alpha value is -0.540. The first-order valence-corrected chi connectivity index (χ1v) is 5.63. The molecule has 0 saturated heterocycles. The smallest absolute Gasteiger partial charge is 0.0960 e. The van der Waals surface area contributed by atoms with Gasteiger partial charge < -0.3 is 5.73 Å². The van der Waals surface area contributed by atoms with Crippen LogP contribution >= 0.6 is 11.8 Å². The van der Waals surface area contributed by atoms with Crippen LogP contribution in [0.5, 0.6) is 0 Å². The second kappa shape index (κ2) is 6.00. The molecule has 0 amide bonds. The molecule has 0 unspecified atom stereocenters. The van der Waals surface area contributed by atoms with E-state index >= 15 is 0 Å². The van der Waals surface area contributed by atoms with E-state index < -0.39 is 0 Å². The predicted molar refractivity (Wildman–Crippen MR) is 58.0 cm³/mol. The van der Waals surface area contributed by atoms with Crippen molar-refractivity contribution in [1.29, 1.82) is 0 Å². The van der Waals surface area contributed by atoms with Crippen LogP contribution in [0, 0.1) is 0 Å². The number of nitrogens with zero attached hydrogens (tertiary/aromatic N) is 1. The van der Waals surface area contributed by atoms with Crippen LogP contribution in [0.2, 0.25) is 0 Å². The summed E-state index contributed by atoms with van der Waals surface area (Å²) in [7, 11) is 0. The highest BCUT2D eigenvalue weighted by atomic mass is 32.2. The third kappa shape index (κ3) is 3.79. The van der Waals surface area contributed by atoms with Gasteiger partial charge in [0, 0.05) is 6.20 Å². The van der Waals surface area contributed by atoms with Gasteiger partial charge >= 0.3 is 0 Å². The third-order valence-corrected chi connectivity index (χ3v) is 2.83. The quantitative estimate of drug-likeness (QED) is 0.733. The van der Waals surface area contributed by atoms with E-state index in [1.807, 2.05) is 6.20 Å². The van der Waals surface area contributed by atoms with Crippen LogP contribution in [0.4, 0.5) is 0 Å². The summed E-state index contributed by atoms with van der Waals surface area (Å²) >= 11 is 1.80. The van der Waals surface area contributed by atoms with E-state index in [2.05, 4.69) is 24.0 Å². The molecule has 72 valence electrons. The molecular weight excluding hydrogens is 180 g/mol. The zero-order chi connectivity index (χ0) is 9.52. The summed E-state index contributed by atoms with van der Waals surface area (Å²) in [5.74, 6) is 1.14. The molecule has 0 bridgehead atoms. The van der Waals surface area contributed by atoms with Crippen molar-refractivity contribution in [3.8, 4) is 0 Å². The van der Waals surface area contributed by atoms with E-state index in [0.717, 1.165) is 17.2 Å². The van der Waals surface area contributed by atoms with Crippen molar-refractivity contribution in [2.75, 3.05) is 12.3 Å². The van der Waals surface area contributed by atoms with Gasteiger partial charge in [0.2, 0.25) is 0 Å². The Balaban J connectivity index is 2.48. The van der Waals surface area contributed by atoms with Gasteiger partial charge in [0.15, 0.2) is 0 Å². The maximum absolute atomic E-state index is 5.45. The molecule has 0 spiro atoms. The summed E-state index contributed by atoms with van der Waals surface area (Å²) < 4.78 is 0. The van der Waals surface area contributed by atoms with Gasteiger partial charge in [-0.25, -0.2) is 4.98 Å². The van der Waals surface area contributed by atoms with Gasteiger partial charge in [-0.1, -0.05) is 13.0 Å². The number of rotatable bonds is 5. The summed E-state index contributed by atoms with van der Waals surface area (Å²) in [6, 6.07) is 4.18. The van der Waals surface area contributed by atoms with Crippen LogP contribution in [-0.2, 0) is 6.42 Å². The fourth-order valence-electron chi connectivity index (χ4n) is 1.02. The Kier molecular flexibility index (Phi) is 4.86. The van der Waals surface area contributed by atoms with Crippen molar-refractivity contribution in [3.63, 3.8) is 0 Å². The second-order valence-corrected chi connectivity index (χ2v) is 4.01. The fourth-order valence-corrected chi connectivity index (χ4v) is 1.72. The van der Waals surface area contributed by atoms with Crippen LogP contribution in [0.25, 0.3) is 0 Å². The lowest BCUT2D eigenvalue weighted by Crippen LogP contribution is -2.02. The first kappa shape index (κ1) is 10.5. The minimum atomic E-state index is 0.698. The first-order valence-electron chi connectivity index (χ1n) is 4.64. The molecule has 13 heavy (non-hydrogen) atoms. The average Bonchev–Trinajstić information content (AvgIpc) is 2.17. The molecule has 3 heteroatoms. The minimum Gasteiger partial charge on any atom is -0.330 e. The Morgan fingerprint density at radius 3 is 2.85 bits per heavy atom. The Morgan fingerprint density at radius 2 is 2.31 bits per heavy atom. The number of thioether (sulfide) groups is 1. The number of hydrogen-bond donors (Lipinski definition) is 1. The second-order valence-electron chi connectivity index (χ2n) is 2.89. The molecule has 0 aromatic carbocycles. The normalized spacial score (nSPS) is 10.3. The summed E-state index contributed by atoms with van der Waals surface area (Å²) in [4.78, 5) is 4.34. The van der Waals surface area contributed by atoms with Crippen molar-refractivity contribution in [1.82, 2.24) is 4.98 Å². The summed E-state index contributed by atoms with van der Waals surface area (Å²) in [5, 5.41) is 1.11. The zero-order valence-electron chi connectivity index (χ0n) is 7.99. The van der Waals surface area contributed by atoms with Crippen molar-refractivity contribution < 1.29 is 0 Å². The van der Waals surface area contributed by atoms with Crippen molar-refractivity contribution in [2.24, 2.45) is 5.73 Å². The maximum atomic E-state index is 5.45. The number of hydrogen-bond acceptors (Lipinski definition) is 3. The molecule has 1 aromatic rings. The molecule has 2 nitrogen and oxygen atoms in total. The van der Waals surface area contributed by atoms with Crippen LogP contribution < -0.4 is 5.73 Å². The number of pyridine rings is 1. The SMILES string of the molecule is CCCSc1ccc(CCN)cn1.